The van der Waals surface area contributed by atoms with Crippen LogP contribution in [0.1, 0.15) is 24.0 Å². The lowest BCUT2D eigenvalue weighted by Gasteiger charge is -2.21. The molecule has 1 fully saturated rings. The maximum absolute atomic E-state index is 11.9. The van der Waals surface area contributed by atoms with Crippen LogP contribution in [0.15, 0.2) is 47.5 Å². The number of methoxy groups -OCH3 is 1. The molecule has 1 aliphatic carbocycles. The predicted molar refractivity (Wildman–Crippen MR) is 100 cm³/mol. The van der Waals surface area contributed by atoms with Gasteiger partial charge in [-0.2, -0.15) is 0 Å². The van der Waals surface area contributed by atoms with Gasteiger partial charge in [0.15, 0.2) is 0 Å². The summed E-state index contributed by atoms with van der Waals surface area (Å²) in [7, 11) is 1.65. The van der Waals surface area contributed by atoms with Crippen LogP contribution in [0.2, 0.25) is 0 Å². The maximum atomic E-state index is 11.9. The molecular weight excluding hydrogens is 330 g/mol. The molecular formula is C20H21N3O3. The number of rotatable bonds is 5. The van der Waals surface area contributed by atoms with Gasteiger partial charge in [0.2, 0.25) is 5.91 Å². The minimum Gasteiger partial charge on any atom is -0.496 e. The quantitative estimate of drug-likeness (QED) is 0.864. The molecule has 0 radical (unpaired) electrons. The van der Waals surface area contributed by atoms with Crippen LogP contribution in [0.4, 0.5) is 11.4 Å². The Labute approximate surface area is 152 Å². The van der Waals surface area contributed by atoms with E-state index in [4.69, 9.17) is 9.47 Å². The second-order valence-corrected chi connectivity index (χ2v) is 6.48. The summed E-state index contributed by atoms with van der Waals surface area (Å²) >= 11 is 0. The second kappa shape index (κ2) is 7.07. The van der Waals surface area contributed by atoms with Gasteiger partial charge in [-0.15, -0.1) is 0 Å². The molecule has 4 rings (SSSR count). The smallest absolute Gasteiger partial charge is 0.289 e. The Morgan fingerprint density at radius 2 is 2.15 bits per heavy atom. The summed E-state index contributed by atoms with van der Waals surface area (Å²) in [6, 6.07) is 14.1. The molecule has 0 spiro atoms. The number of amidine groups is 1. The third-order valence-corrected chi connectivity index (χ3v) is 4.51. The molecule has 1 amide bonds. The van der Waals surface area contributed by atoms with Gasteiger partial charge < -0.3 is 20.1 Å². The van der Waals surface area contributed by atoms with E-state index in [1.807, 2.05) is 42.5 Å². The molecule has 26 heavy (non-hydrogen) atoms. The first kappa shape index (κ1) is 16.4. The number of benzene rings is 2. The topological polar surface area (TPSA) is 72.0 Å². The Kier molecular flexibility index (Phi) is 4.48. The lowest BCUT2D eigenvalue weighted by Crippen LogP contribution is -2.23. The third-order valence-electron chi connectivity index (χ3n) is 4.51. The summed E-state index contributed by atoms with van der Waals surface area (Å²) in [6.45, 7) is 0.886. The van der Waals surface area contributed by atoms with Gasteiger partial charge >= 0.3 is 0 Å². The van der Waals surface area contributed by atoms with Gasteiger partial charge in [-0.25, -0.2) is 4.99 Å². The normalized spacial score (nSPS) is 17.0. The van der Waals surface area contributed by atoms with Crippen molar-refractivity contribution in [3.05, 3.63) is 53.6 Å². The van der Waals surface area contributed by atoms with Gasteiger partial charge in [0.05, 0.1) is 13.7 Å². The first-order valence-electron chi connectivity index (χ1n) is 8.73. The highest BCUT2D eigenvalue weighted by Gasteiger charge is 2.29. The molecule has 0 saturated heterocycles. The first-order chi connectivity index (χ1) is 12.7. The number of carbonyl (C=O) groups excluding carboxylic acids is 1. The molecule has 2 aliphatic rings. The fraction of sp³-hybridized carbons (Fsp3) is 0.300. The molecule has 1 aliphatic heterocycles. The lowest BCUT2D eigenvalue weighted by atomic mass is 10.1. The summed E-state index contributed by atoms with van der Waals surface area (Å²) in [5.74, 6) is 1.10. The zero-order valence-corrected chi connectivity index (χ0v) is 14.6. The van der Waals surface area contributed by atoms with Gasteiger partial charge in [0, 0.05) is 28.4 Å². The number of para-hydroxylation sites is 1. The fourth-order valence-corrected chi connectivity index (χ4v) is 2.88. The van der Waals surface area contributed by atoms with E-state index in [2.05, 4.69) is 15.6 Å². The van der Waals surface area contributed by atoms with E-state index in [1.54, 1.807) is 7.11 Å². The van der Waals surface area contributed by atoms with Crippen LogP contribution >= 0.6 is 0 Å². The number of nitrogens with zero attached hydrogens (tertiary/aromatic N) is 1. The Morgan fingerprint density at radius 3 is 2.96 bits per heavy atom. The number of aliphatic imine (C=N–C) groups is 1. The minimum atomic E-state index is 0.105. The van der Waals surface area contributed by atoms with Gasteiger partial charge in [-0.05, 0) is 37.1 Å². The van der Waals surface area contributed by atoms with E-state index >= 15 is 0 Å². The Hall–Kier alpha value is -3.02. The Balaban J connectivity index is 1.43. The SMILES string of the molecule is COc1ccccc1CN=C1Nc2ccc(NC(=O)C3CC3)cc2CO1. The van der Waals surface area contributed by atoms with E-state index in [-0.39, 0.29) is 11.8 Å². The average Bonchev–Trinajstić information content (AvgIpc) is 3.52. The van der Waals surface area contributed by atoms with E-state index in [9.17, 15) is 4.79 Å². The predicted octanol–water partition coefficient (Wildman–Crippen LogP) is 3.54. The number of nitrogens with one attached hydrogen (secondary N) is 2. The van der Waals surface area contributed by atoms with E-state index in [0.29, 0.717) is 19.2 Å². The largest absolute Gasteiger partial charge is 0.496 e. The fourth-order valence-electron chi connectivity index (χ4n) is 2.88. The molecule has 6 heteroatoms. The van der Waals surface area contributed by atoms with Gasteiger partial charge in [0.25, 0.3) is 6.02 Å². The summed E-state index contributed by atoms with van der Waals surface area (Å²) in [4.78, 5) is 16.4. The number of anilines is 2. The van der Waals surface area contributed by atoms with Crippen LogP contribution in [0.25, 0.3) is 0 Å². The molecule has 1 saturated carbocycles. The van der Waals surface area contributed by atoms with Crippen molar-refractivity contribution in [2.24, 2.45) is 10.9 Å². The maximum Gasteiger partial charge on any atom is 0.289 e. The van der Waals surface area contributed by atoms with Gasteiger partial charge in [-0.3, -0.25) is 4.79 Å². The number of ether oxygens (including phenoxy) is 2. The van der Waals surface area contributed by atoms with Crippen LogP contribution in [-0.2, 0) is 22.7 Å². The molecule has 0 aromatic heterocycles. The Bertz CT molecular complexity index is 859. The van der Waals surface area contributed by atoms with Crippen molar-refractivity contribution < 1.29 is 14.3 Å². The minimum absolute atomic E-state index is 0.105. The molecule has 0 atom stereocenters. The molecule has 2 N–H and O–H groups in total. The zero-order valence-electron chi connectivity index (χ0n) is 14.6. The van der Waals surface area contributed by atoms with E-state index in [1.165, 1.54) is 0 Å². The monoisotopic (exact) mass is 351 g/mol. The first-order valence-corrected chi connectivity index (χ1v) is 8.73. The van der Waals surface area contributed by atoms with Crippen molar-refractivity contribution in [2.75, 3.05) is 17.7 Å². The van der Waals surface area contributed by atoms with Crippen LogP contribution in [0, 0.1) is 5.92 Å². The highest BCUT2D eigenvalue weighted by Crippen LogP contribution is 2.31. The highest BCUT2D eigenvalue weighted by atomic mass is 16.5. The summed E-state index contributed by atoms with van der Waals surface area (Å²) in [5, 5.41) is 6.15. The summed E-state index contributed by atoms with van der Waals surface area (Å²) in [5.41, 5.74) is 3.74. The average molecular weight is 351 g/mol. The van der Waals surface area contributed by atoms with E-state index in [0.717, 1.165) is 41.1 Å². The highest BCUT2D eigenvalue weighted by molar-refractivity contribution is 5.95. The summed E-state index contributed by atoms with van der Waals surface area (Å²) in [6.07, 6.45) is 1.99. The number of hydrogen-bond donors (Lipinski definition) is 2. The second-order valence-electron chi connectivity index (χ2n) is 6.48. The molecule has 2 aromatic rings. The van der Waals surface area contributed by atoms with Crippen LogP contribution in [0.5, 0.6) is 5.75 Å². The molecule has 134 valence electrons. The Morgan fingerprint density at radius 1 is 1.31 bits per heavy atom. The lowest BCUT2D eigenvalue weighted by molar-refractivity contribution is -0.117. The van der Waals surface area contributed by atoms with Crippen LogP contribution in [-0.4, -0.2) is 19.0 Å². The molecule has 0 unspecified atom stereocenters. The number of hydrogen-bond acceptors (Lipinski definition) is 4. The van der Waals surface area contributed by atoms with Gasteiger partial charge in [0.1, 0.15) is 12.4 Å². The van der Waals surface area contributed by atoms with Crippen molar-refractivity contribution in [1.82, 2.24) is 0 Å². The van der Waals surface area contributed by atoms with Gasteiger partial charge in [-0.1, -0.05) is 18.2 Å². The zero-order chi connectivity index (χ0) is 17.9. The van der Waals surface area contributed by atoms with Crippen molar-refractivity contribution in [1.29, 1.82) is 0 Å². The molecule has 2 aromatic carbocycles. The molecule has 1 heterocycles. The number of amides is 1. The standard InChI is InChI=1S/C20H21N3O3/c1-25-18-5-3-2-4-14(18)11-21-20-23-17-9-8-16(10-15(17)12-26-20)22-19(24)13-6-7-13/h2-5,8-10,13H,6-7,11-12H2,1H3,(H,21,23)(H,22,24). The molecule has 0 bridgehead atoms. The van der Waals surface area contributed by atoms with Crippen molar-refractivity contribution in [3.8, 4) is 5.75 Å². The number of fused-ring (bicyclic) bond motifs is 1. The van der Waals surface area contributed by atoms with Crippen LogP contribution < -0.4 is 15.4 Å². The van der Waals surface area contributed by atoms with E-state index < -0.39 is 0 Å². The van der Waals surface area contributed by atoms with Crippen LogP contribution in [0.3, 0.4) is 0 Å². The van der Waals surface area contributed by atoms with Crippen molar-refractivity contribution in [3.63, 3.8) is 0 Å². The van der Waals surface area contributed by atoms with Crippen molar-refractivity contribution in [2.45, 2.75) is 26.0 Å². The molecule has 6 nitrogen and oxygen atoms in total. The third kappa shape index (κ3) is 3.64. The summed E-state index contributed by atoms with van der Waals surface area (Å²) < 4.78 is 11.0. The van der Waals surface area contributed by atoms with Crippen molar-refractivity contribution >= 4 is 23.3 Å². The number of carbonyl (C=O) groups is 1.